The van der Waals surface area contributed by atoms with Gasteiger partial charge in [-0.05, 0) is 6.42 Å². The first-order valence-electron chi connectivity index (χ1n) is 5.81. The number of nitrogens with zero attached hydrogens (tertiary/aromatic N) is 1. The van der Waals surface area contributed by atoms with Crippen LogP contribution < -0.4 is 5.73 Å². The summed E-state index contributed by atoms with van der Waals surface area (Å²) in [5.41, 5.74) is 5.51. The molecule has 98 valence electrons. The quantitative estimate of drug-likeness (QED) is 0.691. The number of ether oxygens (including phenoxy) is 1. The minimum Gasteiger partial charge on any atom is -0.480 e. The SMILES string of the molecule is CCC(CN)C(=O)N1CC(OC)CC1C(=O)O. The van der Waals surface area contributed by atoms with Gasteiger partial charge in [-0.2, -0.15) is 0 Å². The molecule has 1 aliphatic heterocycles. The van der Waals surface area contributed by atoms with E-state index in [1.165, 1.54) is 12.0 Å². The molecule has 1 heterocycles. The number of nitrogens with two attached hydrogens (primary N) is 1. The van der Waals surface area contributed by atoms with Crippen LogP contribution in [-0.4, -0.2) is 54.2 Å². The van der Waals surface area contributed by atoms with Crippen LogP contribution in [0.3, 0.4) is 0 Å². The molecule has 1 aliphatic rings. The third-order valence-electron chi connectivity index (χ3n) is 3.29. The maximum absolute atomic E-state index is 12.1. The Balaban J connectivity index is 2.79. The van der Waals surface area contributed by atoms with Gasteiger partial charge in [-0.3, -0.25) is 4.79 Å². The maximum Gasteiger partial charge on any atom is 0.326 e. The number of hydrogen-bond donors (Lipinski definition) is 2. The van der Waals surface area contributed by atoms with Crippen LogP contribution in [0.25, 0.3) is 0 Å². The summed E-state index contributed by atoms with van der Waals surface area (Å²) in [5.74, 6) is -1.46. The molecular weight excluding hydrogens is 224 g/mol. The number of carbonyl (C=O) groups is 2. The van der Waals surface area contributed by atoms with E-state index in [0.717, 1.165) is 0 Å². The van der Waals surface area contributed by atoms with E-state index in [-0.39, 0.29) is 24.5 Å². The predicted octanol–water partition coefficient (Wildman–Crippen LogP) is -0.328. The summed E-state index contributed by atoms with van der Waals surface area (Å²) in [4.78, 5) is 24.6. The first kappa shape index (κ1) is 13.9. The Bertz CT molecular complexity index is 291. The fourth-order valence-electron chi connectivity index (χ4n) is 2.12. The normalized spacial score (nSPS) is 25.9. The smallest absolute Gasteiger partial charge is 0.326 e. The highest BCUT2D eigenvalue weighted by atomic mass is 16.5. The largest absolute Gasteiger partial charge is 0.480 e. The van der Waals surface area contributed by atoms with Gasteiger partial charge in [0.1, 0.15) is 6.04 Å². The molecule has 0 aromatic heterocycles. The van der Waals surface area contributed by atoms with Crippen molar-refractivity contribution < 1.29 is 19.4 Å². The molecule has 0 bridgehead atoms. The number of carboxylic acids is 1. The predicted molar refractivity (Wildman–Crippen MR) is 61.4 cm³/mol. The molecular formula is C11H20N2O4. The number of hydrogen-bond acceptors (Lipinski definition) is 4. The number of likely N-dealkylation sites (tertiary alicyclic amines) is 1. The lowest BCUT2D eigenvalue weighted by Gasteiger charge is -2.25. The number of methoxy groups -OCH3 is 1. The monoisotopic (exact) mass is 244 g/mol. The van der Waals surface area contributed by atoms with Crippen molar-refractivity contribution in [2.45, 2.75) is 31.9 Å². The summed E-state index contributed by atoms with van der Waals surface area (Å²) in [6.45, 7) is 2.45. The topological polar surface area (TPSA) is 92.9 Å². The van der Waals surface area contributed by atoms with Crippen LogP contribution in [0.2, 0.25) is 0 Å². The lowest BCUT2D eigenvalue weighted by atomic mass is 10.0. The lowest BCUT2D eigenvalue weighted by Crippen LogP contribution is -2.45. The molecule has 17 heavy (non-hydrogen) atoms. The van der Waals surface area contributed by atoms with Gasteiger partial charge in [0.15, 0.2) is 0 Å². The molecule has 1 amide bonds. The van der Waals surface area contributed by atoms with Gasteiger partial charge in [-0.25, -0.2) is 4.79 Å². The minimum absolute atomic E-state index is 0.179. The molecule has 1 rings (SSSR count). The van der Waals surface area contributed by atoms with Crippen molar-refractivity contribution >= 4 is 11.9 Å². The Labute approximate surface area is 101 Å². The lowest BCUT2D eigenvalue weighted by molar-refractivity contribution is -0.149. The van der Waals surface area contributed by atoms with Gasteiger partial charge in [0.25, 0.3) is 0 Å². The van der Waals surface area contributed by atoms with E-state index < -0.39 is 12.0 Å². The first-order chi connectivity index (χ1) is 8.04. The zero-order valence-electron chi connectivity index (χ0n) is 10.3. The van der Waals surface area contributed by atoms with Crippen molar-refractivity contribution in [3.63, 3.8) is 0 Å². The molecule has 6 nitrogen and oxygen atoms in total. The second-order valence-electron chi connectivity index (χ2n) is 4.28. The summed E-state index contributed by atoms with van der Waals surface area (Å²) in [6, 6.07) is -0.784. The molecule has 0 aromatic rings. The zero-order chi connectivity index (χ0) is 13.0. The van der Waals surface area contributed by atoms with Crippen LogP contribution in [0.15, 0.2) is 0 Å². The van der Waals surface area contributed by atoms with Crippen molar-refractivity contribution in [2.24, 2.45) is 11.7 Å². The number of aliphatic carboxylic acids is 1. The van der Waals surface area contributed by atoms with E-state index in [0.29, 0.717) is 19.4 Å². The summed E-state index contributed by atoms with van der Waals surface area (Å²) < 4.78 is 5.13. The van der Waals surface area contributed by atoms with Crippen LogP contribution in [0.1, 0.15) is 19.8 Å². The minimum atomic E-state index is -0.982. The fraction of sp³-hybridized carbons (Fsp3) is 0.818. The third-order valence-corrected chi connectivity index (χ3v) is 3.29. The Morgan fingerprint density at radius 2 is 2.24 bits per heavy atom. The van der Waals surface area contributed by atoms with Crippen molar-refractivity contribution in [3.8, 4) is 0 Å². The molecule has 0 aliphatic carbocycles. The summed E-state index contributed by atoms with van der Waals surface area (Å²) in [6.07, 6.45) is 0.768. The summed E-state index contributed by atoms with van der Waals surface area (Å²) in [5, 5.41) is 9.09. The van der Waals surface area contributed by atoms with Crippen molar-refractivity contribution in [2.75, 3.05) is 20.2 Å². The first-order valence-corrected chi connectivity index (χ1v) is 5.81. The molecule has 3 atom stereocenters. The highest BCUT2D eigenvalue weighted by Crippen LogP contribution is 2.23. The standard InChI is InChI=1S/C11H20N2O4/c1-3-7(5-12)10(14)13-6-8(17-2)4-9(13)11(15)16/h7-9H,3-6,12H2,1-2H3,(H,15,16). The Morgan fingerprint density at radius 1 is 1.59 bits per heavy atom. The third kappa shape index (κ3) is 2.95. The van der Waals surface area contributed by atoms with Crippen molar-refractivity contribution in [1.82, 2.24) is 4.90 Å². The molecule has 0 saturated carbocycles. The van der Waals surface area contributed by atoms with E-state index in [1.807, 2.05) is 6.92 Å². The van der Waals surface area contributed by atoms with Crippen molar-refractivity contribution in [1.29, 1.82) is 0 Å². The van der Waals surface area contributed by atoms with Crippen LogP contribution in [0.4, 0.5) is 0 Å². The van der Waals surface area contributed by atoms with E-state index in [1.54, 1.807) is 0 Å². The highest BCUT2D eigenvalue weighted by Gasteiger charge is 2.41. The molecule has 3 unspecified atom stereocenters. The van der Waals surface area contributed by atoms with Gasteiger partial charge in [-0.15, -0.1) is 0 Å². The zero-order valence-corrected chi connectivity index (χ0v) is 10.3. The van der Waals surface area contributed by atoms with Gasteiger partial charge in [0, 0.05) is 26.6 Å². The van der Waals surface area contributed by atoms with Crippen LogP contribution in [0.5, 0.6) is 0 Å². The average Bonchev–Trinajstić information content (AvgIpc) is 2.74. The Hall–Kier alpha value is -1.14. The summed E-state index contributed by atoms with van der Waals surface area (Å²) >= 11 is 0. The van der Waals surface area contributed by atoms with E-state index in [9.17, 15) is 9.59 Å². The van der Waals surface area contributed by atoms with E-state index in [2.05, 4.69) is 0 Å². The van der Waals surface area contributed by atoms with Gasteiger partial charge >= 0.3 is 5.97 Å². The number of amides is 1. The Morgan fingerprint density at radius 3 is 2.65 bits per heavy atom. The number of carbonyl (C=O) groups excluding carboxylic acids is 1. The highest BCUT2D eigenvalue weighted by molar-refractivity contribution is 5.86. The molecule has 1 fully saturated rings. The fourth-order valence-corrected chi connectivity index (χ4v) is 2.12. The molecule has 0 radical (unpaired) electrons. The van der Waals surface area contributed by atoms with Crippen molar-refractivity contribution in [3.05, 3.63) is 0 Å². The average molecular weight is 244 g/mol. The van der Waals surface area contributed by atoms with Gasteiger partial charge in [0.05, 0.1) is 12.0 Å². The Kier molecular flexibility index (Phi) is 4.89. The second kappa shape index (κ2) is 5.97. The van der Waals surface area contributed by atoms with Crippen LogP contribution >= 0.6 is 0 Å². The van der Waals surface area contributed by atoms with Gasteiger partial charge in [-0.1, -0.05) is 6.92 Å². The van der Waals surface area contributed by atoms with Crippen LogP contribution in [0, 0.1) is 5.92 Å². The second-order valence-corrected chi connectivity index (χ2v) is 4.28. The molecule has 0 spiro atoms. The van der Waals surface area contributed by atoms with Gasteiger partial charge < -0.3 is 20.5 Å². The number of rotatable bonds is 5. The molecule has 3 N–H and O–H groups in total. The number of carboxylic acid groups (broad SMARTS) is 1. The maximum atomic E-state index is 12.1. The van der Waals surface area contributed by atoms with Crippen LogP contribution in [-0.2, 0) is 14.3 Å². The molecule has 6 heteroatoms. The molecule has 1 saturated heterocycles. The van der Waals surface area contributed by atoms with Gasteiger partial charge in [0.2, 0.25) is 5.91 Å². The van der Waals surface area contributed by atoms with E-state index in [4.69, 9.17) is 15.6 Å². The van der Waals surface area contributed by atoms with E-state index >= 15 is 0 Å². The molecule has 0 aromatic carbocycles. The summed E-state index contributed by atoms with van der Waals surface area (Å²) in [7, 11) is 1.53.